The molecule has 1 aromatic rings. The maximum Gasteiger partial charge on any atom is 0.357 e. The SMILES string of the molecule is COC(=O)c1csc(NC2CCCC2(C)C)n1. The minimum Gasteiger partial charge on any atom is -0.464 e. The summed E-state index contributed by atoms with van der Waals surface area (Å²) in [7, 11) is 1.37. The summed E-state index contributed by atoms with van der Waals surface area (Å²) in [5.41, 5.74) is 0.688. The number of hydrogen-bond acceptors (Lipinski definition) is 5. The monoisotopic (exact) mass is 254 g/mol. The van der Waals surface area contributed by atoms with Crippen LogP contribution < -0.4 is 5.32 Å². The van der Waals surface area contributed by atoms with Crippen LogP contribution in [0.4, 0.5) is 5.13 Å². The van der Waals surface area contributed by atoms with E-state index in [0.717, 1.165) is 5.13 Å². The van der Waals surface area contributed by atoms with E-state index in [1.807, 2.05) is 0 Å². The van der Waals surface area contributed by atoms with Crippen LogP contribution in [0.25, 0.3) is 0 Å². The maximum absolute atomic E-state index is 11.3. The molecular weight excluding hydrogens is 236 g/mol. The molecule has 1 fully saturated rings. The predicted octanol–water partition coefficient (Wildman–Crippen LogP) is 2.92. The summed E-state index contributed by atoms with van der Waals surface area (Å²) in [6.07, 6.45) is 3.65. The topological polar surface area (TPSA) is 51.2 Å². The van der Waals surface area contributed by atoms with Gasteiger partial charge in [0.05, 0.1) is 7.11 Å². The number of nitrogens with one attached hydrogen (secondary N) is 1. The second-order valence-corrected chi connectivity index (χ2v) is 5.97. The molecule has 0 saturated heterocycles. The molecule has 1 aromatic heterocycles. The van der Waals surface area contributed by atoms with Gasteiger partial charge in [0, 0.05) is 11.4 Å². The highest BCUT2D eigenvalue weighted by Crippen LogP contribution is 2.39. The van der Waals surface area contributed by atoms with Crippen LogP contribution in [-0.4, -0.2) is 24.1 Å². The number of ether oxygens (including phenoxy) is 1. The average molecular weight is 254 g/mol. The van der Waals surface area contributed by atoms with Crippen molar-refractivity contribution < 1.29 is 9.53 Å². The summed E-state index contributed by atoms with van der Waals surface area (Å²) in [5, 5.41) is 5.97. The van der Waals surface area contributed by atoms with Gasteiger partial charge in [-0.25, -0.2) is 9.78 Å². The Morgan fingerprint density at radius 1 is 1.65 bits per heavy atom. The van der Waals surface area contributed by atoms with Crippen molar-refractivity contribution in [2.75, 3.05) is 12.4 Å². The van der Waals surface area contributed by atoms with Gasteiger partial charge in [-0.15, -0.1) is 11.3 Å². The number of nitrogens with zero attached hydrogens (tertiary/aromatic N) is 1. The Balaban J connectivity index is 2.04. The lowest BCUT2D eigenvalue weighted by atomic mass is 9.87. The largest absolute Gasteiger partial charge is 0.464 e. The number of rotatable bonds is 3. The lowest BCUT2D eigenvalue weighted by Crippen LogP contribution is -2.30. The minimum atomic E-state index is -0.375. The quantitative estimate of drug-likeness (QED) is 0.843. The Labute approximate surface area is 105 Å². The van der Waals surface area contributed by atoms with Gasteiger partial charge in [-0.1, -0.05) is 20.3 Å². The van der Waals surface area contributed by atoms with E-state index in [1.54, 1.807) is 5.38 Å². The molecule has 1 saturated carbocycles. The molecule has 4 nitrogen and oxygen atoms in total. The predicted molar refractivity (Wildman–Crippen MR) is 68.5 cm³/mol. The van der Waals surface area contributed by atoms with Crippen molar-refractivity contribution in [1.82, 2.24) is 4.98 Å². The first-order valence-electron chi connectivity index (χ1n) is 5.83. The summed E-state index contributed by atoms with van der Waals surface area (Å²) >= 11 is 1.46. The highest BCUT2D eigenvalue weighted by Gasteiger charge is 2.34. The molecule has 0 aromatic carbocycles. The molecular formula is C12H18N2O2S. The number of thiazole rings is 1. The second-order valence-electron chi connectivity index (χ2n) is 5.11. The maximum atomic E-state index is 11.3. The Bertz CT molecular complexity index is 414. The Kier molecular flexibility index (Phi) is 3.38. The van der Waals surface area contributed by atoms with Crippen LogP contribution in [0.1, 0.15) is 43.6 Å². The van der Waals surface area contributed by atoms with Crippen molar-refractivity contribution in [2.24, 2.45) is 5.41 Å². The van der Waals surface area contributed by atoms with Gasteiger partial charge in [-0.3, -0.25) is 0 Å². The average Bonchev–Trinajstić information content (AvgIpc) is 2.86. The van der Waals surface area contributed by atoms with Gasteiger partial charge in [0.15, 0.2) is 10.8 Å². The van der Waals surface area contributed by atoms with Gasteiger partial charge in [0.1, 0.15) is 0 Å². The standard InChI is InChI=1S/C12H18N2O2S/c1-12(2)6-4-5-9(12)14-11-13-8(7-17-11)10(15)16-3/h7,9H,4-6H2,1-3H3,(H,13,14). The lowest BCUT2D eigenvalue weighted by Gasteiger charge is -2.27. The van der Waals surface area contributed by atoms with E-state index < -0.39 is 0 Å². The van der Waals surface area contributed by atoms with Gasteiger partial charge >= 0.3 is 5.97 Å². The van der Waals surface area contributed by atoms with Crippen LogP contribution >= 0.6 is 11.3 Å². The van der Waals surface area contributed by atoms with E-state index in [1.165, 1.54) is 37.7 Å². The molecule has 1 N–H and O–H groups in total. The summed E-state index contributed by atoms with van der Waals surface area (Å²) in [5.74, 6) is -0.375. The van der Waals surface area contributed by atoms with E-state index in [4.69, 9.17) is 0 Å². The molecule has 5 heteroatoms. The van der Waals surface area contributed by atoms with E-state index >= 15 is 0 Å². The van der Waals surface area contributed by atoms with Crippen LogP contribution in [0.15, 0.2) is 5.38 Å². The van der Waals surface area contributed by atoms with Crippen LogP contribution in [-0.2, 0) is 4.74 Å². The fourth-order valence-corrected chi connectivity index (χ4v) is 3.02. The van der Waals surface area contributed by atoms with Crippen molar-refractivity contribution in [1.29, 1.82) is 0 Å². The third-order valence-corrected chi connectivity index (χ3v) is 4.23. The first-order chi connectivity index (χ1) is 8.03. The van der Waals surface area contributed by atoms with Gasteiger partial charge in [-0.2, -0.15) is 0 Å². The molecule has 17 heavy (non-hydrogen) atoms. The molecule has 0 radical (unpaired) electrons. The van der Waals surface area contributed by atoms with Crippen molar-refractivity contribution in [3.63, 3.8) is 0 Å². The number of esters is 1. The van der Waals surface area contributed by atoms with Crippen LogP contribution in [0.2, 0.25) is 0 Å². The fraction of sp³-hybridized carbons (Fsp3) is 0.667. The molecule has 0 bridgehead atoms. The van der Waals surface area contributed by atoms with Gasteiger partial charge in [0.25, 0.3) is 0 Å². The fourth-order valence-electron chi connectivity index (χ4n) is 2.28. The number of aromatic nitrogens is 1. The second kappa shape index (κ2) is 4.64. The normalized spacial score (nSPS) is 22.4. The molecule has 2 rings (SSSR count). The first-order valence-corrected chi connectivity index (χ1v) is 6.71. The number of carbonyl (C=O) groups is 1. The molecule has 0 amide bonds. The van der Waals surface area contributed by atoms with E-state index in [2.05, 4.69) is 28.9 Å². The van der Waals surface area contributed by atoms with Gasteiger partial charge in [0.2, 0.25) is 0 Å². The summed E-state index contributed by atoms with van der Waals surface area (Å²) < 4.78 is 4.64. The van der Waals surface area contributed by atoms with Crippen molar-refractivity contribution in [3.05, 3.63) is 11.1 Å². The van der Waals surface area contributed by atoms with E-state index in [9.17, 15) is 4.79 Å². The highest BCUT2D eigenvalue weighted by molar-refractivity contribution is 7.13. The molecule has 0 spiro atoms. The van der Waals surface area contributed by atoms with Crippen LogP contribution in [0.3, 0.4) is 0 Å². The molecule has 1 aliphatic carbocycles. The third-order valence-electron chi connectivity index (χ3n) is 3.45. The number of methoxy groups -OCH3 is 1. The summed E-state index contributed by atoms with van der Waals surface area (Å²) in [6.45, 7) is 4.54. The zero-order valence-electron chi connectivity index (χ0n) is 10.4. The third kappa shape index (κ3) is 2.60. The number of hydrogen-bond donors (Lipinski definition) is 1. The zero-order chi connectivity index (χ0) is 12.5. The molecule has 1 atom stereocenters. The molecule has 1 unspecified atom stereocenters. The highest BCUT2D eigenvalue weighted by atomic mass is 32.1. The van der Waals surface area contributed by atoms with Gasteiger partial charge in [-0.05, 0) is 18.3 Å². The summed E-state index contributed by atoms with van der Waals surface area (Å²) in [4.78, 5) is 15.5. The Hall–Kier alpha value is -1.10. The zero-order valence-corrected chi connectivity index (χ0v) is 11.3. The molecule has 0 aliphatic heterocycles. The Morgan fingerprint density at radius 2 is 2.41 bits per heavy atom. The number of carbonyl (C=O) groups excluding carboxylic acids is 1. The van der Waals surface area contributed by atoms with Crippen molar-refractivity contribution in [2.45, 2.75) is 39.2 Å². The number of anilines is 1. The first kappa shape index (κ1) is 12.4. The van der Waals surface area contributed by atoms with E-state index in [-0.39, 0.29) is 5.97 Å². The molecule has 1 heterocycles. The van der Waals surface area contributed by atoms with Crippen LogP contribution in [0.5, 0.6) is 0 Å². The van der Waals surface area contributed by atoms with Crippen molar-refractivity contribution >= 4 is 22.4 Å². The van der Waals surface area contributed by atoms with E-state index in [0.29, 0.717) is 17.2 Å². The lowest BCUT2D eigenvalue weighted by molar-refractivity contribution is 0.0595. The smallest absolute Gasteiger partial charge is 0.357 e. The molecule has 94 valence electrons. The van der Waals surface area contributed by atoms with Crippen LogP contribution in [0, 0.1) is 5.41 Å². The summed E-state index contributed by atoms with van der Waals surface area (Å²) in [6, 6.07) is 0.444. The Morgan fingerprint density at radius 3 is 3.00 bits per heavy atom. The molecule has 1 aliphatic rings. The minimum absolute atomic E-state index is 0.303. The van der Waals surface area contributed by atoms with Gasteiger partial charge < -0.3 is 10.1 Å². The van der Waals surface area contributed by atoms with Crippen molar-refractivity contribution in [3.8, 4) is 0 Å².